The van der Waals surface area contributed by atoms with E-state index < -0.39 is 6.55 Å². The lowest BCUT2D eigenvalue weighted by Gasteiger charge is -1.99. The fourth-order valence-electron chi connectivity index (χ4n) is 1.42. The van der Waals surface area contributed by atoms with Crippen LogP contribution in [0.5, 0.6) is 0 Å². The molecule has 0 aliphatic rings. The fraction of sp³-hybridized carbons (Fsp3) is 0.222. The zero-order chi connectivity index (χ0) is 10.3. The van der Waals surface area contributed by atoms with Crippen molar-refractivity contribution >= 4 is 26.8 Å². The SMILES string of the molecule is Cc1nn(C(F)F)c2ccc(Br)cc12. The Labute approximate surface area is 87.6 Å². The van der Waals surface area contributed by atoms with E-state index in [-0.39, 0.29) is 0 Å². The molecular formula is C9H7BrF2N2. The van der Waals surface area contributed by atoms with Gasteiger partial charge in [0.2, 0.25) is 0 Å². The van der Waals surface area contributed by atoms with Crippen LogP contribution in [-0.2, 0) is 0 Å². The van der Waals surface area contributed by atoms with Gasteiger partial charge in [0.15, 0.2) is 0 Å². The number of halogens is 3. The highest BCUT2D eigenvalue weighted by atomic mass is 79.9. The van der Waals surface area contributed by atoms with Gasteiger partial charge < -0.3 is 0 Å². The van der Waals surface area contributed by atoms with Crippen LogP contribution in [0.25, 0.3) is 10.9 Å². The number of fused-ring (bicyclic) bond motifs is 1. The summed E-state index contributed by atoms with van der Waals surface area (Å²) in [5.74, 6) is 0. The van der Waals surface area contributed by atoms with E-state index in [2.05, 4.69) is 21.0 Å². The van der Waals surface area contributed by atoms with E-state index in [1.807, 2.05) is 0 Å². The topological polar surface area (TPSA) is 17.8 Å². The molecule has 0 aliphatic carbocycles. The van der Waals surface area contributed by atoms with Gasteiger partial charge >= 0.3 is 6.55 Å². The van der Waals surface area contributed by atoms with Gasteiger partial charge in [-0.15, -0.1) is 0 Å². The van der Waals surface area contributed by atoms with Crippen LogP contribution in [-0.4, -0.2) is 9.78 Å². The molecule has 0 bridgehead atoms. The predicted octanol–water partition coefficient (Wildman–Crippen LogP) is 3.50. The van der Waals surface area contributed by atoms with Crippen LogP contribution in [0.2, 0.25) is 0 Å². The van der Waals surface area contributed by atoms with Crippen molar-refractivity contribution in [2.75, 3.05) is 0 Å². The molecule has 1 aromatic carbocycles. The lowest BCUT2D eigenvalue weighted by molar-refractivity contribution is 0.0612. The number of rotatable bonds is 1. The largest absolute Gasteiger partial charge is 0.333 e. The first-order chi connectivity index (χ1) is 6.59. The van der Waals surface area contributed by atoms with Gasteiger partial charge in [0.1, 0.15) is 0 Å². The molecule has 0 spiro atoms. The minimum atomic E-state index is -2.59. The fourth-order valence-corrected chi connectivity index (χ4v) is 1.78. The average molecular weight is 261 g/mol. The van der Waals surface area contributed by atoms with E-state index in [9.17, 15) is 8.78 Å². The predicted molar refractivity (Wildman–Crippen MR) is 53.4 cm³/mol. The van der Waals surface area contributed by atoms with Gasteiger partial charge in [0.25, 0.3) is 0 Å². The molecule has 0 atom stereocenters. The first-order valence-corrected chi connectivity index (χ1v) is 4.81. The molecule has 2 aromatic rings. The van der Waals surface area contributed by atoms with Crippen molar-refractivity contribution < 1.29 is 8.78 Å². The van der Waals surface area contributed by atoms with Crippen molar-refractivity contribution in [3.05, 3.63) is 28.4 Å². The molecular weight excluding hydrogens is 254 g/mol. The van der Waals surface area contributed by atoms with Gasteiger partial charge in [0, 0.05) is 9.86 Å². The highest BCUT2D eigenvalue weighted by Crippen LogP contribution is 2.25. The lowest BCUT2D eigenvalue weighted by Crippen LogP contribution is -1.99. The first-order valence-electron chi connectivity index (χ1n) is 4.02. The molecule has 0 radical (unpaired) electrons. The normalized spacial score (nSPS) is 11.5. The third kappa shape index (κ3) is 1.41. The van der Waals surface area contributed by atoms with Crippen LogP contribution in [0.4, 0.5) is 8.78 Å². The van der Waals surface area contributed by atoms with Gasteiger partial charge in [-0.2, -0.15) is 13.9 Å². The van der Waals surface area contributed by atoms with Crippen molar-refractivity contribution in [3.63, 3.8) is 0 Å². The Kier molecular flexibility index (Phi) is 2.26. The summed E-state index contributed by atoms with van der Waals surface area (Å²) in [6.45, 7) is -0.874. The van der Waals surface area contributed by atoms with Gasteiger partial charge in [-0.05, 0) is 25.1 Å². The summed E-state index contributed by atoms with van der Waals surface area (Å²) in [6.07, 6.45) is 0. The molecule has 2 rings (SSSR count). The number of alkyl halides is 2. The van der Waals surface area contributed by atoms with Crippen molar-refractivity contribution in [2.45, 2.75) is 13.5 Å². The molecule has 1 aromatic heterocycles. The van der Waals surface area contributed by atoms with E-state index >= 15 is 0 Å². The highest BCUT2D eigenvalue weighted by Gasteiger charge is 2.13. The Bertz CT molecular complexity index is 479. The number of aromatic nitrogens is 2. The molecule has 0 saturated carbocycles. The summed E-state index contributed by atoms with van der Waals surface area (Å²) in [6, 6.07) is 5.14. The summed E-state index contributed by atoms with van der Waals surface area (Å²) < 4.78 is 26.6. The van der Waals surface area contributed by atoms with Gasteiger partial charge in [-0.3, -0.25) is 0 Å². The van der Waals surface area contributed by atoms with Crippen LogP contribution in [0.15, 0.2) is 22.7 Å². The Hall–Kier alpha value is -0.970. The average Bonchev–Trinajstić information content (AvgIpc) is 2.44. The smallest absolute Gasteiger partial charge is 0.203 e. The van der Waals surface area contributed by atoms with Gasteiger partial charge in [-0.25, -0.2) is 4.68 Å². The van der Waals surface area contributed by atoms with E-state index in [4.69, 9.17) is 0 Å². The molecule has 0 amide bonds. The minimum absolute atomic E-state index is 0.459. The summed E-state index contributed by atoms with van der Waals surface area (Å²) >= 11 is 3.29. The molecule has 0 fully saturated rings. The number of benzene rings is 1. The van der Waals surface area contributed by atoms with Gasteiger partial charge in [-0.1, -0.05) is 15.9 Å². The quantitative estimate of drug-likeness (QED) is 0.768. The van der Waals surface area contributed by atoms with Crippen molar-refractivity contribution in [1.29, 1.82) is 0 Å². The van der Waals surface area contributed by atoms with Crippen molar-refractivity contribution in [1.82, 2.24) is 9.78 Å². The van der Waals surface area contributed by atoms with Crippen LogP contribution >= 0.6 is 15.9 Å². The standard InChI is InChI=1S/C9H7BrF2N2/c1-5-7-4-6(10)2-3-8(7)14(13-5)9(11)12/h2-4,9H,1H3. The van der Waals surface area contributed by atoms with Crippen LogP contribution in [0.3, 0.4) is 0 Å². The molecule has 5 heteroatoms. The summed E-state index contributed by atoms with van der Waals surface area (Å²) in [5, 5.41) is 4.53. The number of hydrogen-bond acceptors (Lipinski definition) is 1. The molecule has 0 N–H and O–H groups in total. The maximum Gasteiger partial charge on any atom is 0.333 e. The number of aryl methyl sites for hydroxylation is 1. The zero-order valence-corrected chi connectivity index (χ0v) is 8.92. The number of hydrogen-bond donors (Lipinski definition) is 0. The van der Waals surface area contributed by atoms with E-state index in [0.717, 1.165) is 14.5 Å². The van der Waals surface area contributed by atoms with E-state index in [0.29, 0.717) is 11.2 Å². The molecule has 74 valence electrons. The maximum atomic E-state index is 12.5. The second-order valence-electron chi connectivity index (χ2n) is 2.97. The Morgan fingerprint density at radius 2 is 2.14 bits per heavy atom. The second kappa shape index (κ2) is 3.31. The molecule has 0 saturated heterocycles. The van der Waals surface area contributed by atoms with Crippen molar-refractivity contribution in [3.8, 4) is 0 Å². The monoisotopic (exact) mass is 260 g/mol. The maximum absolute atomic E-state index is 12.5. The Balaban J connectivity index is 2.77. The zero-order valence-electron chi connectivity index (χ0n) is 7.34. The summed E-state index contributed by atoms with van der Waals surface area (Å²) in [4.78, 5) is 0. The molecule has 14 heavy (non-hydrogen) atoms. The summed E-state index contributed by atoms with van der Waals surface area (Å²) in [7, 11) is 0. The van der Waals surface area contributed by atoms with Crippen LogP contribution in [0.1, 0.15) is 12.2 Å². The molecule has 0 aliphatic heterocycles. The third-order valence-electron chi connectivity index (χ3n) is 2.04. The lowest BCUT2D eigenvalue weighted by atomic mass is 10.2. The third-order valence-corrected chi connectivity index (χ3v) is 2.53. The molecule has 1 heterocycles. The van der Waals surface area contributed by atoms with Crippen LogP contribution in [0, 0.1) is 6.92 Å². The number of nitrogens with zero attached hydrogens (tertiary/aromatic N) is 2. The van der Waals surface area contributed by atoms with Crippen LogP contribution < -0.4 is 0 Å². The van der Waals surface area contributed by atoms with E-state index in [1.165, 1.54) is 0 Å². The van der Waals surface area contributed by atoms with Crippen molar-refractivity contribution in [2.24, 2.45) is 0 Å². The first kappa shape index (κ1) is 9.58. The Morgan fingerprint density at radius 1 is 1.43 bits per heavy atom. The minimum Gasteiger partial charge on any atom is -0.203 e. The van der Waals surface area contributed by atoms with E-state index in [1.54, 1.807) is 25.1 Å². The summed E-state index contributed by atoms with van der Waals surface area (Å²) in [5.41, 5.74) is 1.07. The Morgan fingerprint density at radius 3 is 2.79 bits per heavy atom. The molecule has 0 unspecified atom stereocenters. The second-order valence-corrected chi connectivity index (χ2v) is 3.88. The molecule has 2 nitrogen and oxygen atoms in total. The van der Waals surface area contributed by atoms with Gasteiger partial charge in [0.05, 0.1) is 11.2 Å². The highest BCUT2D eigenvalue weighted by molar-refractivity contribution is 9.10.